The molecule has 3 nitrogen and oxygen atoms in total. The van der Waals surface area contributed by atoms with Crippen molar-refractivity contribution in [3.63, 3.8) is 0 Å². The highest BCUT2D eigenvalue weighted by Gasteiger charge is 2.19. The predicted molar refractivity (Wildman–Crippen MR) is 116 cm³/mol. The molecule has 0 amide bonds. The molecule has 0 saturated carbocycles. The molecule has 4 rings (SSSR count). The van der Waals surface area contributed by atoms with Crippen LogP contribution in [0.4, 0.5) is 0 Å². The predicted octanol–water partition coefficient (Wildman–Crippen LogP) is 5.83. The van der Waals surface area contributed by atoms with E-state index in [-0.39, 0.29) is 10.6 Å². The highest BCUT2D eigenvalue weighted by molar-refractivity contribution is 7.16. The van der Waals surface area contributed by atoms with Crippen molar-refractivity contribution >= 4 is 11.3 Å². The fraction of sp³-hybridized carbons (Fsp3) is 0.0833. The van der Waals surface area contributed by atoms with E-state index in [4.69, 9.17) is 0 Å². The monoisotopic (exact) mass is 385 g/mol. The Morgan fingerprint density at radius 1 is 0.750 bits per heavy atom. The van der Waals surface area contributed by atoms with Gasteiger partial charge in [0.1, 0.15) is 10.6 Å². The number of aromatic hydroxyl groups is 1. The molecule has 0 aliphatic heterocycles. The average Bonchev–Trinajstić information content (AvgIpc) is 2.70. The van der Waals surface area contributed by atoms with Gasteiger partial charge in [-0.05, 0) is 41.7 Å². The number of rotatable bonds is 3. The van der Waals surface area contributed by atoms with E-state index in [2.05, 4.69) is 17.1 Å². The maximum absolute atomic E-state index is 12.8. The van der Waals surface area contributed by atoms with Crippen molar-refractivity contribution in [3.05, 3.63) is 94.3 Å². The molecule has 138 valence electrons. The summed E-state index contributed by atoms with van der Waals surface area (Å²) < 4.78 is 0. The van der Waals surface area contributed by atoms with Gasteiger partial charge in [-0.1, -0.05) is 84.1 Å². The number of nitrogens with zero attached hydrogens (tertiary/aromatic N) is 1. The maximum Gasteiger partial charge on any atom is 0.283 e. The van der Waals surface area contributed by atoms with Gasteiger partial charge in [-0.3, -0.25) is 4.79 Å². The number of hydrogen-bond donors (Lipinski definition) is 1. The van der Waals surface area contributed by atoms with E-state index in [0.29, 0.717) is 5.01 Å². The molecule has 1 aromatic heterocycles. The number of aromatic nitrogens is 1. The molecule has 1 heterocycles. The summed E-state index contributed by atoms with van der Waals surface area (Å²) in [5, 5.41) is 11.2. The molecule has 0 aliphatic carbocycles. The molecule has 0 fully saturated rings. The van der Waals surface area contributed by atoms with Gasteiger partial charge in [-0.25, -0.2) is 0 Å². The lowest BCUT2D eigenvalue weighted by Crippen LogP contribution is -2.10. The van der Waals surface area contributed by atoms with Crippen molar-refractivity contribution in [2.75, 3.05) is 0 Å². The first-order valence-corrected chi connectivity index (χ1v) is 9.83. The van der Waals surface area contributed by atoms with Crippen LogP contribution in [0.15, 0.2) is 77.6 Å². The van der Waals surface area contributed by atoms with Crippen LogP contribution in [-0.4, -0.2) is 10.1 Å². The van der Waals surface area contributed by atoms with E-state index >= 15 is 0 Å². The van der Waals surface area contributed by atoms with Gasteiger partial charge in [0, 0.05) is 5.56 Å². The smallest absolute Gasteiger partial charge is 0.283 e. The Balaban J connectivity index is 1.85. The average molecular weight is 385 g/mol. The molecule has 4 aromatic rings. The van der Waals surface area contributed by atoms with Gasteiger partial charge >= 0.3 is 0 Å². The van der Waals surface area contributed by atoms with Crippen molar-refractivity contribution in [2.24, 2.45) is 0 Å². The molecular weight excluding hydrogens is 366 g/mol. The lowest BCUT2D eigenvalue weighted by atomic mass is 9.92. The Morgan fingerprint density at radius 2 is 1.29 bits per heavy atom. The van der Waals surface area contributed by atoms with Gasteiger partial charge in [0.25, 0.3) is 5.56 Å². The maximum atomic E-state index is 12.8. The Morgan fingerprint density at radius 3 is 1.82 bits per heavy atom. The van der Waals surface area contributed by atoms with Gasteiger partial charge in [0.05, 0.1) is 0 Å². The minimum atomic E-state index is -0.409. The quantitative estimate of drug-likeness (QED) is 0.483. The first-order chi connectivity index (χ1) is 13.5. The SMILES string of the molecule is Cc1cc(-c2ccccc2)cc(C)c1-c1c(O)sc(-c2ccccc2)nc1=O. The second-order valence-electron chi connectivity index (χ2n) is 6.72. The summed E-state index contributed by atoms with van der Waals surface area (Å²) in [6.45, 7) is 3.92. The van der Waals surface area contributed by atoms with Crippen molar-refractivity contribution in [1.82, 2.24) is 4.98 Å². The van der Waals surface area contributed by atoms with Crippen LogP contribution < -0.4 is 5.56 Å². The second-order valence-corrected chi connectivity index (χ2v) is 7.70. The third-order valence-electron chi connectivity index (χ3n) is 4.73. The molecule has 28 heavy (non-hydrogen) atoms. The van der Waals surface area contributed by atoms with Crippen molar-refractivity contribution in [2.45, 2.75) is 13.8 Å². The highest BCUT2D eigenvalue weighted by atomic mass is 32.1. The summed E-state index contributed by atoms with van der Waals surface area (Å²) >= 11 is 1.13. The standard InChI is InChI=1S/C24H19NO2S/c1-15-13-19(17-9-5-3-6-10-17)14-16(2)20(15)21-22(26)25-23(28-24(21)27)18-11-7-4-8-12-18/h3-14,27H,1-2H3. The second kappa shape index (κ2) is 7.41. The van der Waals surface area contributed by atoms with Gasteiger partial charge in [-0.2, -0.15) is 4.98 Å². The number of benzene rings is 3. The van der Waals surface area contributed by atoms with E-state index < -0.39 is 5.56 Å². The Labute approximate surface area is 167 Å². The van der Waals surface area contributed by atoms with Crippen LogP contribution in [0.25, 0.3) is 32.8 Å². The third kappa shape index (κ3) is 3.35. The Bertz CT molecular complexity index is 1180. The fourth-order valence-corrected chi connectivity index (χ4v) is 4.34. The van der Waals surface area contributed by atoms with E-state index in [1.165, 1.54) is 0 Å². The van der Waals surface area contributed by atoms with Crippen molar-refractivity contribution < 1.29 is 5.11 Å². The minimum absolute atomic E-state index is 0.00230. The zero-order valence-electron chi connectivity index (χ0n) is 15.6. The molecule has 4 heteroatoms. The zero-order chi connectivity index (χ0) is 19.7. The summed E-state index contributed by atoms with van der Waals surface area (Å²) in [6, 6.07) is 23.6. The first kappa shape index (κ1) is 18.1. The van der Waals surface area contributed by atoms with E-state index in [1.807, 2.05) is 74.5 Å². The van der Waals surface area contributed by atoms with Crippen molar-refractivity contribution in [1.29, 1.82) is 0 Å². The van der Waals surface area contributed by atoms with Crippen LogP contribution in [0.2, 0.25) is 0 Å². The first-order valence-electron chi connectivity index (χ1n) is 9.01. The molecule has 0 atom stereocenters. The molecule has 0 aliphatic rings. The molecule has 0 bridgehead atoms. The van der Waals surface area contributed by atoms with Crippen LogP contribution in [-0.2, 0) is 0 Å². The lowest BCUT2D eigenvalue weighted by molar-refractivity contribution is 0.491. The molecule has 0 saturated heterocycles. The topological polar surface area (TPSA) is 50.2 Å². The summed E-state index contributed by atoms with van der Waals surface area (Å²) in [6.07, 6.45) is 0. The van der Waals surface area contributed by atoms with E-state index in [9.17, 15) is 9.90 Å². The van der Waals surface area contributed by atoms with E-state index in [0.717, 1.165) is 44.7 Å². The molecule has 0 radical (unpaired) electrons. The normalized spacial score (nSPS) is 10.8. The van der Waals surface area contributed by atoms with Gasteiger partial charge in [0.2, 0.25) is 0 Å². The van der Waals surface area contributed by atoms with Crippen LogP contribution in [0.3, 0.4) is 0 Å². The molecule has 3 aromatic carbocycles. The third-order valence-corrected chi connectivity index (χ3v) is 5.65. The molecular formula is C24H19NO2S. The summed E-state index contributed by atoms with van der Waals surface area (Å²) in [7, 11) is 0. The zero-order valence-corrected chi connectivity index (χ0v) is 16.5. The van der Waals surface area contributed by atoms with Gasteiger partial charge in [-0.15, -0.1) is 0 Å². The summed E-state index contributed by atoms with van der Waals surface area (Å²) in [5.41, 5.74) is 5.52. The summed E-state index contributed by atoms with van der Waals surface area (Å²) in [4.78, 5) is 17.1. The lowest BCUT2D eigenvalue weighted by Gasteiger charge is -2.14. The van der Waals surface area contributed by atoms with Crippen LogP contribution in [0, 0.1) is 13.8 Å². The molecule has 1 N–H and O–H groups in total. The van der Waals surface area contributed by atoms with E-state index in [1.54, 1.807) is 0 Å². The van der Waals surface area contributed by atoms with Crippen LogP contribution in [0.5, 0.6) is 5.06 Å². The van der Waals surface area contributed by atoms with Gasteiger partial charge < -0.3 is 5.11 Å². The Hall–Kier alpha value is -3.24. The van der Waals surface area contributed by atoms with Crippen LogP contribution >= 0.6 is 11.3 Å². The fourth-order valence-electron chi connectivity index (χ4n) is 3.48. The molecule has 0 unspecified atom stereocenters. The van der Waals surface area contributed by atoms with Gasteiger partial charge in [0.15, 0.2) is 5.06 Å². The summed E-state index contributed by atoms with van der Waals surface area (Å²) in [5.74, 6) is 0. The highest BCUT2D eigenvalue weighted by Crippen LogP contribution is 2.38. The number of hydrogen-bond acceptors (Lipinski definition) is 4. The molecule has 0 spiro atoms. The largest absolute Gasteiger partial charge is 0.499 e. The van der Waals surface area contributed by atoms with Crippen LogP contribution in [0.1, 0.15) is 11.1 Å². The minimum Gasteiger partial charge on any atom is -0.499 e. The number of aryl methyl sites for hydroxylation is 2. The van der Waals surface area contributed by atoms with Crippen molar-refractivity contribution in [3.8, 4) is 37.9 Å². The Kier molecular flexibility index (Phi) is 4.80.